The van der Waals surface area contributed by atoms with Crippen LogP contribution in [-0.4, -0.2) is 56.2 Å². The molecule has 0 aromatic rings. The maximum atomic E-state index is 5.31. The molecule has 6 heteroatoms. The maximum Gasteiger partial charge on any atom is 0.421 e. The second-order valence-electron chi connectivity index (χ2n) is 3.49. The summed E-state index contributed by atoms with van der Waals surface area (Å²) in [6.07, 6.45) is 1.08. The smallest absolute Gasteiger partial charge is 0.386 e. The van der Waals surface area contributed by atoms with Crippen LogP contribution in [0.5, 0.6) is 0 Å². The first-order valence-electron chi connectivity index (χ1n) is 5.39. The standard InChI is InChI=1S/C9H25N3O2Si/c1-10-8-9-11-6-5-7-12-15(4,13-2)14-3/h10-12H,5-9H2,1-4H3. The summed E-state index contributed by atoms with van der Waals surface area (Å²) in [5.74, 6) is 0. The van der Waals surface area contributed by atoms with Crippen molar-refractivity contribution < 1.29 is 8.85 Å². The Bertz CT molecular complexity index is 145. The third-order valence-electron chi connectivity index (χ3n) is 2.31. The predicted molar refractivity (Wildman–Crippen MR) is 65.1 cm³/mol. The quantitative estimate of drug-likeness (QED) is 0.356. The molecule has 0 bridgehead atoms. The van der Waals surface area contributed by atoms with E-state index in [1.54, 1.807) is 14.2 Å². The third kappa shape index (κ3) is 7.89. The SMILES string of the molecule is CNCCNCCCN[Si](C)(OC)OC. The Hall–Kier alpha value is 0.0169. The third-order valence-corrected chi connectivity index (χ3v) is 4.76. The van der Waals surface area contributed by atoms with Crippen LogP contribution < -0.4 is 15.6 Å². The van der Waals surface area contributed by atoms with Crippen LogP contribution in [0.2, 0.25) is 6.55 Å². The van der Waals surface area contributed by atoms with Crippen LogP contribution in [0.1, 0.15) is 6.42 Å². The van der Waals surface area contributed by atoms with E-state index in [4.69, 9.17) is 8.85 Å². The first-order chi connectivity index (χ1) is 7.18. The zero-order valence-electron chi connectivity index (χ0n) is 10.4. The minimum Gasteiger partial charge on any atom is -0.386 e. The van der Waals surface area contributed by atoms with Crippen molar-refractivity contribution in [1.82, 2.24) is 15.6 Å². The molecule has 3 N–H and O–H groups in total. The van der Waals surface area contributed by atoms with Crippen LogP contribution in [-0.2, 0) is 8.85 Å². The molecule has 0 fully saturated rings. The molecule has 0 saturated heterocycles. The molecule has 0 aromatic carbocycles. The lowest BCUT2D eigenvalue weighted by Crippen LogP contribution is -2.52. The lowest BCUT2D eigenvalue weighted by Gasteiger charge is -2.23. The molecule has 0 atom stereocenters. The van der Waals surface area contributed by atoms with E-state index >= 15 is 0 Å². The molecule has 92 valence electrons. The summed E-state index contributed by atoms with van der Waals surface area (Å²) >= 11 is 0. The van der Waals surface area contributed by atoms with Crippen LogP contribution in [0.3, 0.4) is 0 Å². The summed E-state index contributed by atoms with van der Waals surface area (Å²) in [7, 11) is 3.27. The Labute approximate surface area is 94.2 Å². The van der Waals surface area contributed by atoms with Crippen molar-refractivity contribution in [2.75, 3.05) is 47.4 Å². The van der Waals surface area contributed by atoms with Crippen LogP contribution in [0, 0.1) is 0 Å². The fraction of sp³-hybridized carbons (Fsp3) is 1.00. The summed E-state index contributed by atoms with van der Waals surface area (Å²) < 4.78 is 10.6. The molecule has 15 heavy (non-hydrogen) atoms. The van der Waals surface area contributed by atoms with E-state index in [1.807, 2.05) is 13.6 Å². The zero-order chi connectivity index (χ0) is 11.6. The number of hydrogen-bond acceptors (Lipinski definition) is 5. The summed E-state index contributed by atoms with van der Waals surface area (Å²) in [6.45, 7) is 5.97. The fourth-order valence-corrected chi connectivity index (χ4v) is 2.18. The van der Waals surface area contributed by atoms with E-state index in [0.717, 1.165) is 32.6 Å². The molecular formula is C9H25N3O2Si. The van der Waals surface area contributed by atoms with Gasteiger partial charge >= 0.3 is 8.72 Å². The Balaban J connectivity index is 3.29. The summed E-state index contributed by atoms with van der Waals surface area (Å²) in [4.78, 5) is 3.33. The van der Waals surface area contributed by atoms with Crippen LogP contribution >= 0.6 is 0 Å². The van der Waals surface area contributed by atoms with Crippen molar-refractivity contribution >= 4 is 8.72 Å². The second-order valence-corrected chi connectivity index (χ2v) is 6.55. The molecule has 0 saturated carbocycles. The van der Waals surface area contributed by atoms with Crippen molar-refractivity contribution in [3.63, 3.8) is 0 Å². The first kappa shape index (κ1) is 15.0. The van der Waals surface area contributed by atoms with E-state index < -0.39 is 8.72 Å². The highest BCUT2D eigenvalue weighted by atomic mass is 28.4. The largest absolute Gasteiger partial charge is 0.421 e. The molecule has 0 amide bonds. The summed E-state index contributed by atoms with van der Waals surface area (Å²) in [6, 6.07) is 0. The first-order valence-corrected chi connectivity index (χ1v) is 7.71. The van der Waals surface area contributed by atoms with Gasteiger partial charge in [-0.15, -0.1) is 0 Å². The molecule has 0 rings (SSSR count). The highest BCUT2D eigenvalue weighted by molar-refractivity contribution is 6.63. The Morgan fingerprint density at radius 2 is 1.67 bits per heavy atom. The van der Waals surface area contributed by atoms with Crippen LogP contribution in [0.4, 0.5) is 0 Å². The summed E-state index contributed by atoms with van der Waals surface area (Å²) in [5, 5.41) is 6.43. The van der Waals surface area contributed by atoms with Gasteiger partial charge in [0.15, 0.2) is 0 Å². The molecule has 5 nitrogen and oxygen atoms in total. The molecule has 0 spiro atoms. The van der Waals surface area contributed by atoms with E-state index in [-0.39, 0.29) is 0 Å². The fourth-order valence-electron chi connectivity index (χ4n) is 1.09. The molecule has 0 aliphatic heterocycles. The van der Waals surface area contributed by atoms with Crippen molar-refractivity contribution in [2.45, 2.75) is 13.0 Å². The summed E-state index contributed by atoms with van der Waals surface area (Å²) in [5.41, 5.74) is 0. The Kier molecular flexibility index (Phi) is 9.27. The van der Waals surface area contributed by atoms with Gasteiger partial charge in [-0.25, -0.2) is 0 Å². The van der Waals surface area contributed by atoms with Gasteiger partial charge in [0.1, 0.15) is 0 Å². The molecule has 0 aliphatic carbocycles. The average Bonchev–Trinajstić information content (AvgIpc) is 2.27. The topological polar surface area (TPSA) is 54.5 Å². The van der Waals surface area contributed by atoms with E-state index in [9.17, 15) is 0 Å². The lowest BCUT2D eigenvalue weighted by atomic mass is 10.4. The zero-order valence-corrected chi connectivity index (χ0v) is 11.4. The minimum absolute atomic E-state index is 0.928. The van der Waals surface area contributed by atoms with Crippen molar-refractivity contribution in [2.24, 2.45) is 0 Å². The van der Waals surface area contributed by atoms with Crippen LogP contribution in [0.25, 0.3) is 0 Å². The van der Waals surface area contributed by atoms with Gasteiger partial charge < -0.3 is 19.5 Å². The maximum absolute atomic E-state index is 5.31. The van der Waals surface area contributed by atoms with Gasteiger partial charge in [-0.05, 0) is 33.1 Å². The van der Waals surface area contributed by atoms with Crippen molar-refractivity contribution in [3.05, 3.63) is 0 Å². The second kappa shape index (κ2) is 9.26. The van der Waals surface area contributed by atoms with E-state index in [2.05, 4.69) is 15.6 Å². The van der Waals surface area contributed by atoms with Gasteiger partial charge in [0.2, 0.25) is 0 Å². The van der Waals surface area contributed by atoms with Gasteiger partial charge in [0.25, 0.3) is 0 Å². The molecule has 0 heterocycles. The lowest BCUT2D eigenvalue weighted by molar-refractivity contribution is 0.235. The molecule has 0 aromatic heterocycles. The molecule has 0 unspecified atom stereocenters. The molecule has 0 radical (unpaired) electrons. The van der Waals surface area contributed by atoms with Gasteiger partial charge in [0.05, 0.1) is 0 Å². The minimum atomic E-state index is -2.06. The van der Waals surface area contributed by atoms with Gasteiger partial charge in [-0.1, -0.05) is 0 Å². The Morgan fingerprint density at radius 1 is 1.00 bits per heavy atom. The van der Waals surface area contributed by atoms with E-state index in [0.29, 0.717) is 0 Å². The molecular weight excluding hydrogens is 210 g/mol. The number of hydrogen-bond donors (Lipinski definition) is 3. The van der Waals surface area contributed by atoms with Crippen molar-refractivity contribution in [1.29, 1.82) is 0 Å². The monoisotopic (exact) mass is 235 g/mol. The van der Waals surface area contributed by atoms with Gasteiger partial charge in [-0.3, -0.25) is 4.98 Å². The number of nitrogens with one attached hydrogen (secondary N) is 3. The highest BCUT2D eigenvalue weighted by Crippen LogP contribution is 1.98. The van der Waals surface area contributed by atoms with Gasteiger partial charge in [0, 0.05) is 27.3 Å². The highest BCUT2D eigenvalue weighted by Gasteiger charge is 2.27. The number of rotatable bonds is 10. The van der Waals surface area contributed by atoms with Gasteiger partial charge in [-0.2, -0.15) is 0 Å². The molecule has 0 aliphatic rings. The van der Waals surface area contributed by atoms with E-state index in [1.165, 1.54) is 0 Å². The average molecular weight is 235 g/mol. The normalized spacial score (nSPS) is 12.0. The number of likely N-dealkylation sites (N-methyl/N-ethyl adjacent to an activating group) is 1. The van der Waals surface area contributed by atoms with Crippen molar-refractivity contribution in [3.8, 4) is 0 Å². The Morgan fingerprint density at radius 3 is 2.20 bits per heavy atom. The predicted octanol–water partition coefficient (Wildman–Crippen LogP) is -0.363. The van der Waals surface area contributed by atoms with Crippen LogP contribution in [0.15, 0.2) is 0 Å².